The number of aryl methyl sites for hydroxylation is 1. The summed E-state index contributed by atoms with van der Waals surface area (Å²) >= 11 is 0. The van der Waals surface area contributed by atoms with Crippen LogP contribution in [0.1, 0.15) is 36.1 Å². The maximum atomic E-state index is 5.42. The summed E-state index contributed by atoms with van der Waals surface area (Å²) in [5, 5.41) is 3.51. The topological polar surface area (TPSA) is 30.5 Å². The van der Waals surface area contributed by atoms with Crippen LogP contribution in [0, 0.1) is 13.8 Å². The Hall–Kier alpha value is -0.900. The summed E-state index contributed by atoms with van der Waals surface area (Å²) in [7, 11) is 3.36. The van der Waals surface area contributed by atoms with E-state index in [4.69, 9.17) is 9.47 Å². The molecule has 102 valence electrons. The smallest absolute Gasteiger partial charge is 0.176 e. The minimum absolute atomic E-state index is 0.0693. The van der Waals surface area contributed by atoms with Gasteiger partial charge in [-0.1, -0.05) is 25.1 Å². The average molecular weight is 251 g/mol. The van der Waals surface area contributed by atoms with Gasteiger partial charge in [0.25, 0.3) is 0 Å². The van der Waals surface area contributed by atoms with Crippen molar-refractivity contribution in [3.8, 4) is 0 Å². The fourth-order valence-electron chi connectivity index (χ4n) is 2.13. The second-order valence-corrected chi connectivity index (χ2v) is 4.56. The zero-order valence-corrected chi connectivity index (χ0v) is 12.1. The first-order chi connectivity index (χ1) is 8.65. The molecule has 1 aromatic rings. The van der Waals surface area contributed by atoms with Crippen molar-refractivity contribution in [2.24, 2.45) is 0 Å². The molecule has 3 heteroatoms. The van der Waals surface area contributed by atoms with Gasteiger partial charge in [0, 0.05) is 14.2 Å². The van der Waals surface area contributed by atoms with Crippen LogP contribution in [0.3, 0.4) is 0 Å². The Morgan fingerprint density at radius 1 is 1.17 bits per heavy atom. The Morgan fingerprint density at radius 2 is 1.83 bits per heavy atom. The lowest BCUT2D eigenvalue weighted by molar-refractivity contribution is -0.124. The fourth-order valence-corrected chi connectivity index (χ4v) is 2.13. The van der Waals surface area contributed by atoms with E-state index in [9.17, 15) is 0 Å². The summed E-state index contributed by atoms with van der Waals surface area (Å²) in [4.78, 5) is 0. The number of nitrogens with one attached hydrogen (secondary N) is 1. The van der Waals surface area contributed by atoms with Crippen molar-refractivity contribution in [2.45, 2.75) is 39.5 Å². The average Bonchev–Trinajstić information content (AvgIpc) is 2.38. The minimum Gasteiger partial charge on any atom is -0.354 e. The van der Waals surface area contributed by atoms with Crippen LogP contribution in [-0.2, 0) is 9.47 Å². The molecule has 1 unspecified atom stereocenters. The lowest BCUT2D eigenvalue weighted by Gasteiger charge is -2.28. The van der Waals surface area contributed by atoms with Gasteiger partial charge in [-0.15, -0.1) is 0 Å². The first-order valence-corrected chi connectivity index (χ1v) is 6.50. The highest BCUT2D eigenvalue weighted by Gasteiger charge is 2.23. The van der Waals surface area contributed by atoms with E-state index in [2.05, 4.69) is 44.3 Å². The summed E-state index contributed by atoms with van der Waals surface area (Å²) in [6, 6.07) is 6.42. The van der Waals surface area contributed by atoms with E-state index < -0.39 is 0 Å². The summed E-state index contributed by atoms with van der Waals surface area (Å²) in [6.07, 6.45) is 0.818. The van der Waals surface area contributed by atoms with Crippen molar-refractivity contribution in [2.75, 3.05) is 20.8 Å². The molecule has 1 rings (SSSR count). The Balaban J connectivity index is 3.04. The maximum Gasteiger partial charge on any atom is 0.176 e. The first kappa shape index (κ1) is 15.2. The number of ether oxygens (including phenoxy) is 2. The molecule has 0 aliphatic rings. The number of methoxy groups -OCH3 is 2. The summed E-state index contributed by atoms with van der Waals surface area (Å²) < 4.78 is 10.8. The second kappa shape index (κ2) is 7.52. The molecule has 1 atom stereocenters. The molecule has 0 saturated carbocycles. The van der Waals surface area contributed by atoms with Gasteiger partial charge in [-0.25, -0.2) is 0 Å². The quantitative estimate of drug-likeness (QED) is 0.756. The predicted octanol–water partition coefficient (Wildman–Crippen LogP) is 2.96. The highest BCUT2D eigenvalue weighted by Crippen LogP contribution is 2.25. The van der Waals surface area contributed by atoms with Crippen molar-refractivity contribution in [3.05, 3.63) is 34.9 Å². The molecule has 1 N–H and O–H groups in total. The van der Waals surface area contributed by atoms with Crippen LogP contribution in [0.5, 0.6) is 0 Å². The molecule has 0 amide bonds. The molecule has 3 nitrogen and oxygen atoms in total. The molecule has 0 saturated heterocycles. The SMILES string of the molecule is CCCNC(c1cccc(C)c1C)C(OC)OC. The Labute approximate surface area is 110 Å². The van der Waals surface area contributed by atoms with E-state index in [-0.39, 0.29) is 12.3 Å². The summed E-state index contributed by atoms with van der Waals surface area (Å²) in [5.74, 6) is 0. The largest absolute Gasteiger partial charge is 0.354 e. The van der Waals surface area contributed by atoms with Gasteiger partial charge in [-0.2, -0.15) is 0 Å². The summed E-state index contributed by atoms with van der Waals surface area (Å²) in [6.45, 7) is 7.38. The molecule has 0 aliphatic carbocycles. The Bertz CT molecular complexity index is 362. The standard InChI is InChI=1S/C15H25NO2/c1-6-10-16-14(15(17-4)18-5)13-9-7-8-11(2)12(13)3/h7-9,14-16H,6,10H2,1-5H3. The molecule has 0 aromatic heterocycles. The Morgan fingerprint density at radius 3 is 2.39 bits per heavy atom. The first-order valence-electron chi connectivity index (χ1n) is 6.50. The Kier molecular flexibility index (Phi) is 6.33. The van der Waals surface area contributed by atoms with E-state index in [1.165, 1.54) is 16.7 Å². The number of rotatable bonds is 7. The fraction of sp³-hybridized carbons (Fsp3) is 0.600. The van der Waals surface area contributed by atoms with Crippen molar-refractivity contribution < 1.29 is 9.47 Å². The second-order valence-electron chi connectivity index (χ2n) is 4.56. The summed E-state index contributed by atoms with van der Waals surface area (Å²) in [5.41, 5.74) is 3.84. The maximum absolute atomic E-state index is 5.42. The van der Waals surface area contributed by atoms with Crippen LogP contribution in [0.15, 0.2) is 18.2 Å². The molecule has 18 heavy (non-hydrogen) atoms. The predicted molar refractivity (Wildman–Crippen MR) is 74.8 cm³/mol. The molecule has 0 aliphatic heterocycles. The molecule has 0 spiro atoms. The molecule has 0 heterocycles. The van der Waals surface area contributed by atoms with Crippen LogP contribution >= 0.6 is 0 Å². The van der Waals surface area contributed by atoms with Crippen LogP contribution in [-0.4, -0.2) is 27.1 Å². The van der Waals surface area contributed by atoms with Gasteiger partial charge in [0.15, 0.2) is 6.29 Å². The van der Waals surface area contributed by atoms with Crippen molar-refractivity contribution in [1.29, 1.82) is 0 Å². The van der Waals surface area contributed by atoms with Gasteiger partial charge in [0.05, 0.1) is 6.04 Å². The van der Waals surface area contributed by atoms with Gasteiger partial charge in [0.1, 0.15) is 0 Å². The third-order valence-corrected chi connectivity index (χ3v) is 3.33. The van der Waals surface area contributed by atoms with E-state index in [1.54, 1.807) is 14.2 Å². The van der Waals surface area contributed by atoms with Crippen LogP contribution in [0.4, 0.5) is 0 Å². The third-order valence-electron chi connectivity index (χ3n) is 3.33. The van der Waals surface area contributed by atoms with E-state index >= 15 is 0 Å². The molecule has 1 aromatic carbocycles. The van der Waals surface area contributed by atoms with Gasteiger partial charge >= 0.3 is 0 Å². The monoisotopic (exact) mass is 251 g/mol. The molecular formula is C15H25NO2. The lowest BCUT2D eigenvalue weighted by atomic mass is 9.97. The van der Waals surface area contributed by atoms with Crippen molar-refractivity contribution in [1.82, 2.24) is 5.32 Å². The van der Waals surface area contributed by atoms with Crippen molar-refractivity contribution in [3.63, 3.8) is 0 Å². The molecule has 0 fully saturated rings. The molecular weight excluding hydrogens is 226 g/mol. The van der Waals surface area contributed by atoms with Gasteiger partial charge in [-0.05, 0) is 43.5 Å². The van der Waals surface area contributed by atoms with Gasteiger partial charge in [0.2, 0.25) is 0 Å². The highest BCUT2D eigenvalue weighted by molar-refractivity contribution is 5.35. The number of hydrogen-bond donors (Lipinski definition) is 1. The lowest BCUT2D eigenvalue weighted by Crippen LogP contribution is -2.35. The number of benzene rings is 1. The van der Waals surface area contributed by atoms with Gasteiger partial charge < -0.3 is 14.8 Å². The zero-order chi connectivity index (χ0) is 13.5. The van der Waals surface area contributed by atoms with Crippen LogP contribution < -0.4 is 5.32 Å². The van der Waals surface area contributed by atoms with Crippen molar-refractivity contribution >= 4 is 0 Å². The minimum atomic E-state index is -0.267. The van der Waals surface area contributed by atoms with Crippen LogP contribution in [0.2, 0.25) is 0 Å². The van der Waals surface area contributed by atoms with E-state index in [0.29, 0.717) is 0 Å². The van der Waals surface area contributed by atoms with E-state index in [1.807, 2.05) is 0 Å². The molecule has 0 radical (unpaired) electrons. The third kappa shape index (κ3) is 3.55. The van der Waals surface area contributed by atoms with E-state index in [0.717, 1.165) is 13.0 Å². The highest BCUT2D eigenvalue weighted by atomic mass is 16.7. The normalized spacial score (nSPS) is 13.0. The number of hydrogen-bond acceptors (Lipinski definition) is 3. The zero-order valence-electron chi connectivity index (χ0n) is 12.1. The molecule has 0 bridgehead atoms. The van der Waals surface area contributed by atoms with Gasteiger partial charge in [-0.3, -0.25) is 0 Å². The van der Waals surface area contributed by atoms with Crippen LogP contribution in [0.25, 0.3) is 0 Å².